The smallest absolute Gasteiger partial charge is 0.266 e. The van der Waals surface area contributed by atoms with Crippen molar-refractivity contribution < 1.29 is 4.39 Å². The van der Waals surface area contributed by atoms with Gasteiger partial charge in [-0.3, -0.25) is 9.36 Å². The SMILES string of the molecule is O=c1c2ccccc2nc(/C=C/c2csc(-c3ccc(F)cc3)n2)n1-c1ccccc1. The van der Waals surface area contributed by atoms with Gasteiger partial charge in [0.15, 0.2) is 0 Å². The first-order chi connectivity index (χ1) is 15.2. The summed E-state index contributed by atoms with van der Waals surface area (Å²) >= 11 is 1.48. The molecule has 0 radical (unpaired) electrons. The third-order valence-corrected chi connectivity index (χ3v) is 5.74. The Morgan fingerprint density at radius 3 is 2.39 bits per heavy atom. The molecule has 0 fully saturated rings. The number of para-hydroxylation sites is 2. The van der Waals surface area contributed by atoms with Gasteiger partial charge in [0, 0.05) is 10.9 Å². The van der Waals surface area contributed by atoms with Crippen LogP contribution in [0.5, 0.6) is 0 Å². The van der Waals surface area contributed by atoms with E-state index >= 15 is 0 Å². The van der Waals surface area contributed by atoms with Gasteiger partial charge in [0.2, 0.25) is 0 Å². The van der Waals surface area contributed by atoms with Crippen molar-refractivity contribution in [2.24, 2.45) is 0 Å². The number of aromatic nitrogens is 3. The van der Waals surface area contributed by atoms with Crippen LogP contribution in [0.15, 0.2) is 89.0 Å². The summed E-state index contributed by atoms with van der Waals surface area (Å²) in [7, 11) is 0. The van der Waals surface area contributed by atoms with Gasteiger partial charge in [-0.2, -0.15) is 0 Å². The molecule has 4 nitrogen and oxygen atoms in total. The van der Waals surface area contributed by atoms with E-state index in [4.69, 9.17) is 4.98 Å². The Labute approximate surface area is 181 Å². The molecular weight excluding hydrogens is 409 g/mol. The van der Waals surface area contributed by atoms with Crippen molar-refractivity contribution in [3.8, 4) is 16.3 Å². The van der Waals surface area contributed by atoms with Crippen LogP contribution in [0.1, 0.15) is 11.5 Å². The molecule has 0 amide bonds. The molecule has 0 aliphatic heterocycles. The maximum absolute atomic E-state index is 13.2. The first-order valence-electron chi connectivity index (χ1n) is 9.66. The number of halogens is 1. The largest absolute Gasteiger partial charge is 0.268 e. The van der Waals surface area contributed by atoms with Crippen LogP contribution in [0.4, 0.5) is 4.39 Å². The minimum atomic E-state index is -0.276. The zero-order valence-electron chi connectivity index (χ0n) is 16.3. The fourth-order valence-corrected chi connectivity index (χ4v) is 4.13. The van der Waals surface area contributed by atoms with Crippen LogP contribution in [0, 0.1) is 5.82 Å². The molecule has 0 atom stereocenters. The van der Waals surface area contributed by atoms with Gasteiger partial charge >= 0.3 is 0 Å². The normalized spacial score (nSPS) is 11.4. The lowest BCUT2D eigenvalue weighted by Crippen LogP contribution is -2.22. The third kappa shape index (κ3) is 3.81. The van der Waals surface area contributed by atoms with Gasteiger partial charge in [-0.05, 0) is 60.7 Å². The van der Waals surface area contributed by atoms with E-state index in [9.17, 15) is 9.18 Å². The highest BCUT2D eigenvalue weighted by Crippen LogP contribution is 2.25. The van der Waals surface area contributed by atoms with E-state index in [0.717, 1.165) is 22.0 Å². The molecule has 5 aromatic rings. The molecule has 0 saturated heterocycles. The average Bonchev–Trinajstić information content (AvgIpc) is 3.28. The molecule has 2 heterocycles. The molecule has 3 aromatic carbocycles. The second-order valence-electron chi connectivity index (χ2n) is 6.88. The first-order valence-corrected chi connectivity index (χ1v) is 10.5. The van der Waals surface area contributed by atoms with Crippen molar-refractivity contribution >= 4 is 34.4 Å². The molecule has 31 heavy (non-hydrogen) atoms. The molecule has 0 unspecified atom stereocenters. The van der Waals surface area contributed by atoms with Crippen molar-refractivity contribution in [2.75, 3.05) is 0 Å². The van der Waals surface area contributed by atoms with Gasteiger partial charge in [0.05, 0.1) is 22.3 Å². The molecule has 5 rings (SSSR count). The summed E-state index contributed by atoms with van der Waals surface area (Å²) in [5.41, 5.74) is 2.87. The fraction of sp³-hybridized carbons (Fsp3) is 0. The Bertz CT molecular complexity index is 1450. The van der Waals surface area contributed by atoms with Crippen molar-refractivity contribution in [2.45, 2.75) is 0 Å². The van der Waals surface area contributed by atoms with E-state index in [-0.39, 0.29) is 11.4 Å². The maximum Gasteiger partial charge on any atom is 0.266 e. The van der Waals surface area contributed by atoms with Crippen LogP contribution < -0.4 is 5.56 Å². The summed E-state index contributed by atoms with van der Waals surface area (Å²) in [4.78, 5) is 22.5. The highest BCUT2D eigenvalue weighted by atomic mass is 32.1. The van der Waals surface area contributed by atoms with Crippen molar-refractivity contribution in [3.05, 3.63) is 112 Å². The van der Waals surface area contributed by atoms with Gasteiger partial charge < -0.3 is 0 Å². The van der Waals surface area contributed by atoms with Crippen LogP contribution >= 0.6 is 11.3 Å². The second kappa shape index (κ2) is 8.08. The third-order valence-electron chi connectivity index (χ3n) is 4.83. The zero-order chi connectivity index (χ0) is 21.2. The van der Waals surface area contributed by atoms with Gasteiger partial charge in [0.1, 0.15) is 16.6 Å². The topological polar surface area (TPSA) is 47.8 Å². The first kappa shape index (κ1) is 19.1. The number of hydrogen-bond donors (Lipinski definition) is 0. The predicted octanol–water partition coefficient (Wildman–Crippen LogP) is 5.82. The summed E-state index contributed by atoms with van der Waals surface area (Å²) < 4.78 is 14.8. The van der Waals surface area contributed by atoms with E-state index in [2.05, 4.69) is 4.98 Å². The van der Waals surface area contributed by atoms with Gasteiger partial charge in [0.25, 0.3) is 5.56 Å². The molecule has 2 aromatic heterocycles. The zero-order valence-corrected chi connectivity index (χ0v) is 17.1. The molecule has 150 valence electrons. The summed E-state index contributed by atoms with van der Waals surface area (Å²) in [5, 5.41) is 3.28. The van der Waals surface area contributed by atoms with Gasteiger partial charge in [-0.15, -0.1) is 11.3 Å². The van der Waals surface area contributed by atoms with E-state index in [1.54, 1.807) is 28.8 Å². The molecule has 0 aliphatic rings. The van der Waals surface area contributed by atoms with Crippen LogP contribution in [-0.4, -0.2) is 14.5 Å². The Morgan fingerprint density at radius 2 is 1.58 bits per heavy atom. The molecular formula is C25H16FN3OS. The summed E-state index contributed by atoms with van der Waals surface area (Å²) in [6.07, 6.45) is 3.63. The predicted molar refractivity (Wildman–Crippen MR) is 124 cm³/mol. The Kier molecular flexibility index (Phi) is 4.98. The van der Waals surface area contributed by atoms with Crippen molar-refractivity contribution in [1.82, 2.24) is 14.5 Å². The van der Waals surface area contributed by atoms with Crippen LogP contribution in [0.2, 0.25) is 0 Å². The standard InChI is InChI=1S/C25H16FN3OS/c26-18-12-10-17(11-13-18)24-27-19(16-31-24)14-15-23-28-22-9-5-4-8-21(22)25(30)29(23)20-6-2-1-3-7-20/h1-16H/b15-14+. The lowest BCUT2D eigenvalue weighted by atomic mass is 10.2. The molecule has 0 aliphatic carbocycles. The molecule has 0 spiro atoms. The quantitative estimate of drug-likeness (QED) is 0.365. The van der Waals surface area contributed by atoms with Crippen LogP contribution in [-0.2, 0) is 0 Å². The molecule has 0 N–H and O–H groups in total. The highest BCUT2D eigenvalue weighted by Gasteiger charge is 2.11. The van der Waals surface area contributed by atoms with E-state index in [0.29, 0.717) is 16.7 Å². The molecule has 0 bridgehead atoms. The Balaban J connectivity index is 1.58. The summed E-state index contributed by atoms with van der Waals surface area (Å²) in [6.45, 7) is 0. The van der Waals surface area contributed by atoms with Crippen LogP contribution in [0.3, 0.4) is 0 Å². The Hall–Kier alpha value is -3.90. The monoisotopic (exact) mass is 425 g/mol. The number of rotatable bonds is 4. The number of hydrogen-bond acceptors (Lipinski definition) is 4. The lowest BCUT2D eigenvalue weighted by molar-refractivity contribution is 0.628. The lowest BCUT2D eigenvalue weighted by Gasteiger charge is -2.11. The van der Waals surface area contributed by atoms with Gasteiger partial charge in [-0.1, -0.05) is 30.3 Å². The number of fused-ring (bicyclic) bond motifs is 1. The van der Waals surface area contributed by atoms with E-state index in [1.165, 1.54) is 23.5 Å². The van der Waals surface area contributed by atoms with E-state index < -0.39 is 0 Å². The second-order valence-corrected chi connectivity index (χ2v) is 7.74. The maximum atomic E-state index is 13.2. The van der Waals surface area contributed by atoms with E-state index in [1.807, 2.05) is 60.0 Å². The van der Waals surface area contributed by atoms with Crippen LogP contribution in [0.25, 0.3) is 39.3 Å². The number of thiazole rings is 1. The highest BCUT2D eigenvalue weighted by molar-refractivity contribution is 7.13. The minimum absolute atomic E-state index is 0.123. The number of nitrogens with zero attached hydrogens (tertiary/aromatic N) is 3. The Morgan fingerprint density at radius 1 is 0.839 bits per heavy atom. The van der Waals surface area contributed by atoms with Crippen molar-refractivity contribution in [3.63, 3.8) is 0 Å². The molecule has 0 saturated carbocycles. The summed E-state index contributed by atoms with van der Waals surface area (Å²) in [6, 6.07) is 23.0. The van der Waals surface area contributed by atoms with Crippen molar-refractivity contribution in [1.29, 1.82) is 0 Å². The average molecular weight is 425 g/mol. The van der Waals surface area contributed by atoms with Gasteiger partial charge in [-0.25, -0.2) is 14.4 Å². The minimum Gasteiger partial charge on any atom is -0.268 e. The summed E-state index contributed by atoms with van der Waals surface area (Å²) in [5.74, 6) is 0.243. The number of benzene rings is 3. The fourth-order valence-electron chi connectivity index (χ4n) is 3.34. The molecule has 6 heteroatoms.